The van der Waals surface area contributed by atoms with Gasteiger partial charge in [0.05, 0.1) is 17.0 Å². The van der Waals surface area contributed by atoms with Gasteiger partial charge < -0.3 is 10.4 Å². The highest BCUT2D eigenvalue weighted by Crippen LogP contribution is 2.30. The summed E-state index contributed by atoms with van der Waals surface area (Å²) >= 11 is 0. The minimum atomic E-state index is -0.475. The molecule has 4 heteroatoms. The minimum absolute atomic E-state index is 0.475. The normalized spacial score (nSPS) is 16.7. The van der Waals surface area contributed by atoms with Crippen LogP contribution in [-0.2, 0) is 6.54 Å². The van der Waals surface area contributed by atoms with E-state index >= 15 is 0 Å². The van der Waals surface area contributed by atoms with Crippen molar-refractivity contribution in [3.8, 4) is 5.69 Å². The standard InChI is InChI=1S/C17H23N3O/c1-13-16(11-18-12-17(21)9-6-10-17)14(2)20(19-13)15-7-4-3-5-8-15/h3-5,7-8,18,21H,6,9-12H2,1-2H3. The monoisotopic (exact) mass is 285 g/mol. The van der Waals surface area contributed by atoms with Crippen LogP contribution in [0.5, 0.6) is 0 Å². The van der Waals surface area contributed by atoms with E-state index in [0.29, 0.717) is 6.54 Å². The van der Waals surface area contributed by atoms with Gasteiger partial charge in [-0.1, -0.05) is 18.2 Å². The second kappa shape index (κ2) is 5.62. The molecule has 4 nitrogen and oxygen atoms in total. The summed E-state index contributed by atoms with van der Waals surface area (Å²) in [7, 11) is 0. The summed E-state index contributed by atoms with van der Waals surface area (Å²) in [4.78, 5) is 0. The first kappa shape index (κ1) is 14.3. The van der Waals surface area contributed by atoms with Gasteiger partial charge in [-0.15, -0.1) is 0 Å². The predicted octanol–water partition coefficient (Wildman–Crippen LogP) is 2.49. The van der Waals surface area contributed by atoms with Crippen LogP contribution in [0.4, 0.5) is 0 Å². The van der Waals surface area contributed by atoms with Crippen LogP contribution in [0.25, 0.3) is 5.69 Å². The van der Waals surface area contributed by atoms with Crippen molar-refractivity contribution in [2.24, 2.45) is 0 Å². The van der Waals surface area contributed by atoms with Crippen LogP contribution in [0.15, 0.2) is 30.3 Å². The van der Waals surface area contributed by atoms with E-state index in [1.54, 1.807) is 0 Å². The zero-order valence-electron chi connectivity index (χ0n) is 12.8. The van der Waals surface area contributed by atoms with Gasteiger partial charge in [0.15, 0.2) is 0 Å². The molecule has 112 valence electrons. The largest absolute Gasteiger partial charge is 0.389 e. The Bertz CT molecular complexity index is 614. The second-order valence-electron chi connectivity index (χ2n) is 6.08. The lowest BCUT2D eigenvalue weighted by Crippen LogP contribution is -2.46. The third-order valence-electron chi connectivity index (χ3n) is 4.48. The van der Waals surface area contributed by atoms with Crippen molar-refractivity contribution in [3.05, 3.63) is 47.3 Å². The van der Waals surface area contributed by atoms with E-state index in [9.17, 15) is 5.11 Å². The van der Waals surface area contributed by atoms with E-state index in [1.807, 2.05) is 29.8 Å². The van der Waals surface area contributed by atoms with Gasteiger partial charge in [0.2, 0.25) is 0 Å². The van der Waals surface area contributed by atoms with Crippen molar-refractivity contribution in [3.63, 3.8) is 0 Å². The molecule has 1 saturated carbocycles. The molecule has 0 saturated heterocycles. The van der Waals surface area contributed by atoms with Gasteiger partial charge in [-0.05, 0) is 45.2 Å². The molecule has 0 amide bonds. The van der Waals surface area contributed by atoms with Crippen LogP contribution in [0.3, 0.4) is 0 Å². The number of aromatic nitrogens is 2. The molecule has 1 aromatic carbocycles. The Labute approximate surface area is 125 Å². The quantitative estimate of drug-likeness (QED) is 0.887. The zero-order chi connectivity index (χ0) is 14.9. The fourth-order valence-corrected chi connectivity index (χ4v) is 2.93. The van der Waals surface area contributed by atoms with Crippen LogP contribution in [-0.4, -0.2) is 27.0 Å². The van der Waals surface area contributed by atoms with Gasteiger partial charge in [0.25, 0.3) is 0 Å². The summed E-state index contributed by atoms with van der Waals surface area (Å²) in [5.74, 6) is 0. The first-order valence-electron chi connectivity index (χ1n) is 7.63. The molecule has 0 radical (unpaired) electrons. The average Bonchev–Trinajstić information content (AvgIpc) is 2.74. The second-order valence-corrected chi connectivity index (χ2v) is 6.08. The Balaban J connectivity index is 1.72. The SMILES string of the molecule is Cc1nn(-c2ccccc2)c(C)c1CNCC1(O)CCC1. The number of nitrogens with one attached hydrogen (secondary N) is 1. The van der Waals surface area contributed by atoms with Gasteiger partial charge in [-0.25, -0.2) is 4.68 Å². The number of aryl methyl sites for hydroxylation is 1. The summed E-state index contributed by atoms with van der Waals surface area (Å²) < 4.78 is 1.99. The number of para-hydroxylation sites is 1. The smallest absolute Gasteiger partial charge is 0.0771 e. The van der Waals surface area contributed by atoms with Crippen molar-refractivity contribution >= 4 is 0 Å². The maximum atomic E-state index is 10.1. The molecule has 3 rings (SSSR count). The van der Waals surface area contributed by atoms with Crippen LogP contribution in [0.1, 0.15) is 36.2 Å². The average molecular weight is 285 g/mol. The van der Waals surface area contributed by atoms with E-state index in [0.717, 1.165) is 42.9 Å². The molecule has 0 unspecified atom stereocenters. The lowest BCUT2D eigenvalue weighted by atomic mass is 9.80. The molecule has 1 heterocycles. The van der Waals surface area contributed by atoms with Gasteiger partial charge >= 0.3 is 0 Å². The fraction of sp³-hybridized carbons (Fsp3) is 0.471. The molecule has 0 aliphatic heterocycles. The molecular formula is C17H23N3O. The van der Waals surface area contributed by atoms with E-state index in [-0.39, 0.29) is 0 Å². The Morgan fingerprint density at radius 2 is 1.95 bits per heavy atom. The Morgan fingerprint density at radius 3 is 2.57 bits per heavy atom. The van der Waals surface area contributed by atoms with Gasteiger partial charge in [-0.3, -0.25) is 0 Å². The van der Waals surface area contributed by atoms with Gasteiger partial charge in [0.1, 0.15) is 0 Å². The number of nitrogens with zero attached hydrogens (tertiary/aromatic N) is 2. The summed E-state index contributed by atoms with van der Waals surface area (Å²) in [5.41, 5.74) is 4.04. The highest BCUT2D eigenvalue weighted by molar-refractivity contribution is 5.36. The number of hydrogen-bond acceptors (Lipinski definition) is 3. The Kier molecular flexibility index (Phi) is 3.83. The third kappa shape index (κ3) is 2.87. The topological polar surface area (TPSA) is 50.1 Å². The zero-order valence-corrected chi connectivity index (χ0v) is 12.8. The minimum Gasteiger partial charge on any atom is -0.389 e. The number of hydrogen-bond donors (Lipinski definition) is 2. The Hall–Kier alpha value is -1.65. The molecule has 1 aliphatic carbocycles. The van der Waals surface area contributed by atoms with Crippen LogP contribution in [0, 0.1) is 13.8 Å². The van der Waals surface area contributed by atoms with Crippen LogP contribution >= 0.6 is 0 Å². The molecule has 1 fully saturated rings. The van der Waals surface area contributed by atoms with Crippen molar-refractivity contribution in [1.29, 1.82) is 0 Å². The van der Waals surface area contributed by atoms with Crippen LogP contribution in [0.2, 0.25) is 0 Å². The first-order chi connectivity index (χ1) is 10.1. The molecule has 21 heavy (non-hydrogen) atoms. The van der Waals surface area contributed by atoms with Gasteiger partial charge in [0, 0.05) is 24.3 Å². The van der Waals surface area contributed by atoms with E-state index in [2.05, 4.69) is 29.5 Å². The Morgan fingerprint density at radius 1 is 1.24 bits per heavy atom. The molecule has 0 atom stereocenters. The lowest BCUT2D eigenvalue weighted by Gasteiger charge is -2.36. The van der Waals surface area contributed by atoms with E-state index in [4.69, 9.17) is 0 Å². The molecule has 2 N–H and O–H groups in total. The van der Waals surface area contributed by atoms with Crippen molar-refractivity contribution in [2.75, 3.05) is 6.54 Å². The first-order valence-corrected chi connectivity index (χ1v) is 7.63. The summed E-state index contributed by atoms with van der Waals surface area (Å²) in [5, 5.41) is 18.2. The molecule has 0 bridgehead atoms. The molecule has 2 aromatic rings. The predicted molar refractivity (Wildman–Crippen MR) is 83.5 cm³/mol. The third-order valence-corrected chi connectivity index (χ3v) is 4.48. The van der Waals surface area contributed by atoms with Crippen molar-refractivity contribution in [2.45, 2.75) is 45.3 Å². The summed E-state index contributed by atoms with van der Waals surface area (Å²) in [6.07, 6.45) is 2.98. The summed E-state index contributed by atoms with van der Waals surface area (Å²) in [6.45, 7) is 5.57. The highest BCUT2D eigenvalue weighted by Gasteiger charge is 2.33. The number of rotatable bonds is 5. The molecular weight excluding hydrogens is 262 g/mol. The molecule has 0 spiro atoms. The molecule has 1 aromatic heterocycles. The maximum Gasteiger partial charge on any atom is 0.0771 e. The van der Waals surface area contributed by atoms with Crippen LogP contribution < -0.4 is 5.32 Å². The number of aliphatic hydroxyl groups is 1. The van der Waals surface area contributed by atoms with E-state index < -0.39 is 5.60 Å². The van der Waals surface area contributed by atoms with Crippen molar-refractivity contribution in [1.82, 2.24) is 15.1 Å². The fourth-order valence-electron chi connectivity index (χ4n) is 2.93. The number of benzene rings is 1. The lowest BCUT2D eigenvalue weighted by molar-refractivity contribution is -0.0315. The van der Waals surface area contributed by atoms with Crippen molar-refractivity contribution < 1.29 is 5.11 Å². The van der Waals surface area contributed by atoms with Gasteiger partial charge in [-0.2, -0.15) is 5.10 Å². The summed E-state index contributed by atoms with van der Waals surface area (Å²) in [6, 6.07) is 10.2. The van der Waals surface area contributed by atoms with E-state index in [1.165, 1.54) is 5.56 Å². The molecule has 1 aliphatic rings. The maximum absolute atomic E-state index is 10.1. The highest BCUT2D eigenvalue weighted by atomic mass is 16.3.